The maximum absolute atomic E-state index is 5.84. The summed E-state index contributed by atoms with van der Waals surface area (Å²) in [5, 5.41) is 0. The molecule has 0 spiro atoms. The first-order valence-electron chi connectivity index (χ1n) is 7.44. The third-order valence-electron chi connectivity index (χ3n) is 4.03. The monoisotopic (exact) mass is 318 g/mol. The fourth-order valence-corrected chi connectivity index (χ4v) is 5.19. The largest absolute Gasteiger partial charge is 0.271 e. The molecule has 0 radical (unpaired) electrons. The maximum Gasteiger partial charge on any atom is 0.0802 e. The van der Waals surface area contributed by atoms with Gasteiger partial charge >= 0.3 is 0 Å². The van der Waals surface area contributed by atoms with Crippen LogP contribution in [0.4, 0.5) is 0 Å². The number of benzene rings is 1. The van der Waals surface area contributed by atoms with E-state index in [1.807, 2.05) is 23.1 Å². The summed E-state index contributed by atoms with van der Waals surface area (Å²) in [7, 11) is 0. The van der Waals surface area contributed by atoms with Crippen molar-refractivity contribution in [2.24, 2.45) is 5.84 Å². The summed E-state index contributed by atoms with van der Waals surface area (Å²) in [5.41, 5.74) is 7.12. The molecule has 2 heterocycles. The number of nitrogens with one attached hydrogen (secondary N) is 1. The number of nitrogens with two attached hydrogens (primary N) is 1. The number of hydrogen-bond donors (Lipinski definition) is 2. The van der Waals surface area contributed by atoms with Crippen molar-refractivity contribution in [3.8, 4) is 0 Å². The highest BCUT2D eigenvalue weighted by Crippen LogP contribution is 2.36. The molecule has 0 fully saturated rings. The summed E-state index contributed by atoms with van der Waals surface area (Å²) in [6.45, 7) is 4.44. The molecular formula is C17H22N2S2. The van der Waals surface area contributed by atoms with E-state index >= 15 is 0 Å². The molecule has 0 aliphatic carbocycles. The molecule has 1 unspecified atom stereocenters. The second-order valence-electron chi connectivity index (χ2n) is 5.82. The fraction of sp³-hybridized carbons (Fsp3) is 0.412. The number of hydrogen-bond acceptors (Lipinski definition) is 4. The molecule has 2 aromatic rings. The van der Waals surface area contributed by atoms with Crippen LogP contribution in [0.25, 0.3) is 0 Å². The zero-order chi connectivity index (χ0) is 14.8. The molecule has 1 aromatic heterocycles. The first-order valence-corrected chi connectivity index (χ1v) is 9.41. The molecule has 21 heavy (non-hydrogen) atoms. The summed E-state index contributed by atoms with van der Waals surface area (Å²) >= 11 is 3.94. The van der Waals surface area contributed by atoms with Gasteiger partial charge in [-0.25, -0.2) is 5.43 Å². The Morgan fingerprint density at radius 2 is 1.86 bits per heavy atom. The number of rotatable bonds is 4. The summed E-state index contributed by atoms with van der Waals surface area (Å²) < 4.78 is 0. The number of aryl methyl sites for hydroxylation is 1. The standard InChI is InChI=1S/C17H22N2S2/c1-11(2)12-3-5-13(6-4-12)17(19-18)16-9-14-10-20-8-7-15(14)21-16/h3-6,9,11,17,19H,7-8,10,18H2,1-2H3. The Bertz CT molecular complexity index is 578. The maximum atomic E-state index is 5.84. The van der Waals surface area contributed by atoms with Gasteiger partial charge in [0, 0.05) is 15.5 Å². The van der Waals surface area contributed by atoms with Gasteiger partial charge in [-0.05, 0) is 40.8 Å². The average molecular weight is 319 g/mol. The van der Waals surface area contributed by atoms with E-state index in [1.54, 1.807) is 4.88 Å². The van der Waals surface area contributed by atoms with Gasteiger partial charge in [-0.15, -0.1) is 11.3 Å². The van der Waals surface area contributed by atoms with Gasteiger partial charge in [0.1, 0.15) is 0 Å². The molecule has 0 amide bonds. The van der Waals surface area contributed by atoms with Crippen LogP contribution in [0.2, 0.25) is 0 Å². The minimum atomic E-state index is 0.104. The quantitative estimate of drug-likeness (QED) is 0.655. The lowest BCUT2D eigenvalue weighted by molar-refractivity contribution is 0.646. The van der Waals surface area contributed by atoms with E-state index in [0.29, 0.717) is 5.92 Å². The molecule has 1 aliphatic heterocycles. The molecule has 1 aliphatic rings. The molecular weight excluding hydrogens is 296 g/mol. The Balaban J connectivity index is 1.88. The Kier molecular flexibility index (Phi) is 4.69. The molecule has 112 valence electrons. The number of thiophene rings is 1. The second-order valence-corrected chi connectivity index (χ2v) is 8.09. The molecule has 1 aromatic carbocycles. The number of hydrazine groups is 1. The van der Waals surface area contributed by atoms with Gasteiger partial charge in [-0.3, -0.25) is 5.84 Å². The molecule has 2 nitrogen and oxygen atoms in total. The lowest BCUT2D eigenvalue weighted by Gasteiger charge is -2.16. The lowest BCUT2D eigenvalue weighted by Crippen LogP contribution is -2.28. The van der Waals surface area contributed by atoms with Crippen LogP contribution in [0.1, 0.15) is 52.3 Å². The van der Waals surface area contributed by atoms with Gasteiger partial charge in [-0.2, -0.15) is 11.8 Å². The van der Waals surface area contributed by atoms with Gasteiger partial charge in [0.2, 0.25) is 0 Å². The van der Waals surface area contributed by atoms with Gasteiger partial charge in [-0.1, -0.05) is 38.1 Å². The van der Waals surface area contributed by atoms with Crippen molar-refractivity contribution in [2.75, 3.05) is 5.75 Å². The molecule has 0 bridgehead atoms. The van der Waals surface area contributed by atoms with Crippen molar-refractivity contribution >= 4 is 23.1 Å². The summed E-state index contributed by atoms with van der Waals surface area (Å²) in [6, 6.07) is 11.3. The summed E-state index contributed by atoms with van der Waals surface area (Å²) in [6.07, 6.45) is 1.20. The lowest BCUT2D eigenvalue weighted by atomic mass is 9.98. The van der Waals surface area contributed by atoms with Crippen LogP contribution >= 0.6 is 23.1 Å². The van der Waals surface area contributed by atoms with Crippen LogP contribution in [0.3, 0.4) is 0 Å². The molecule has 1 atom stereocenters. The van der Waals surface area contributed by atoms with E-state index in [9.17, 15) is 0 Å². The van der Waals surface area contributed by atoms with Crippen molar-refractivity contribution in [3.05, 3.63) is 56.8 Å². The molecule has 0 saturated carbocycles. The minimum Gasteiger partial charge on any atom is -0.271 e. The fourth-order valence-electron chi connectivity index (χ4n) is 2.73. The Morgan fingerprint density at radius 3 is 2.48 bits per heavy atom. The van der Waals surface area contributed by atoms with Crippen LogP contribution in [0.15, 0.2) is 30.3 Å². The second kappa shape index (κ2) is 6.53. The van der Waals surface area contributed by atoms with Crippen LogP contribution in [-0.4, -0.2) is 5.75 Å². The van der Waals surface area contributed by atoms with Crippen LogP contribution in [-0.2, 0) is 12.2 Å². The zero-order valence-electron chi connectivity index (χ0n) is 12.6. The first kappa shape index (κ1) is 15.1. The predicted molar refractivity (Wildman–Crippen MR) is 93.9 cm³/mol. The highest BCUT2D eigenvalue weighted by atomic mass is 32.2. The van der Waals surface area contributed by atoms with Crippen LogP contribution in [0.5, 0.6) is 0 Å². The molecule has 0 saturated heterocycles. The zero-order valence-corrected chi connectivity index (χ0v) is 14.2. The van der Waals surface area contributed by atoms with Crippen LogP contribution in [0, 0.1) is 0 Å². The highest BCUT2D eigenvalue weighted by molar-refractivity contribution is 7.98. The normalized spacial score (nSPS) is 16.0. The van der Waals surface area contributed by atoms with Crippen molar-refractivity contribution in [2.45, 2.75) is 38.0 Å². The van der Waals surface area contributed by atoms with E-state index in [-0.39, 0.29) is 6.04 Å². The summed E-state index contributed by atoms with van der Waals surface area (Å²) in [5.74, 6) is 8.80. The third-order valence-corrected chi connectivity index (χ3v) is 6.34. The summed E-state index contributed by atoms with van der Waals surface area (Å²) in [4.78, 5) is 2.88. The average Bonchev–Trinajstić information content (AvgIpc) is 2.92. The number of fused-ring (bicyclic) bond motifs is 1. The smallest absolute Gasteiger partial charge is 0.0802 e. The van der Waals surface area contributed by atoms with E-state index in [2.05, 4.69) is 49.6 Å². The number of thioether (sulfide) groups is 1. The van der Waals surface area contributed by atoms with Crippen LogP contribution < -0.4 is 11.3 Å². The van der Waals surface area contributed by atoms with Gasteiger partial charge in [0.05, 0.1) is 6.04 Å². The van der Waals surface area contributed by atoms with E-state index in [4.69, 9.17) is 5.84 Å². The van der Waals surface area contributed by atoms with E-state index in [0.717, 1.165) is 5.75 Å². The van der Waals surface area contributed by atoms with E-state index in [1.165, 1.54) is 33.7 Å². The highest BCUT2D eigenvalue weighted by Gasteiger charge is 2.20. The molecule has 3 N–H and O–H groups in total. The van der Waals surface area contributed by atoms with Gasteiger partial charge in [0.25, 0.3) is 0 Å². The van der Waals surface area contributed by atoms with Crippen molar-refractivity contribution in [1.82, 2.24) is 5.43 Å². The van der Waals surface area contributed by atoms with Crippen molar-refractivity contribution < 1.29 is 0 Å². The molecule has 3 rings (SSSR count). The predicted octanol–water partition coefficient (Wildman–Crippen LogP) is 4.21. The Hall–Kier alpha value is -0.810. The van der Waals surface area contributed by atoms with Gasteiger partial charge in [0.15, 0.2) is 0 Å². The SMILES string of the molecule is CC(C)c1ccc(C(NN)c2cc3c(s2)CCSC3)cc1. The third kappa shape index (κ3) is 3.19. The molecule has 4 heteroatoms. The Morgan fingerprint density at radius 1 is 1.14 bits per heavy atom. The van der Waals surface area contributed by atoms with Crippen molar-refractivity contribution in [1.29, 1.82) is 0 Å². The van der Waals surface area contributed by atoms with E-state index < -0.39 is 0 Å². The topological polar surface area (TPSA) is 38.0 Å². The minimum absolute atomic E-state index is 0.104. The van der Waals surface area contributed by atoms with Gasteiger partial charge < -0.3 is 0 Å². The Labute approximate surface area is 135 Å². The van der Waals surface area contributed by atoms with Crippen molar-refractivity contribution in [3.63, 3.8) is 0 Å². The first-order chi connectivity index (χ1) is 10.2.